The Hall–Kier alpha value is -2.54. The van der Waals surface area contributed by atoms with Gasteiger partial charge in [0.2, 0.25) is 10.0 Å². The Morgan fingerprint density at radius 3 is 2.71 bits per heavy atom. The standard InChI is InChI=1S/C19H23N5O5S2/c1-3-24-15-5-4-13(31(26,27)23-6-8-28-9-7-23)10-14(15)21-16(24)11-29-19(25)17-12(2)22-30-18(17)20/h4-5,10H,3,6-9,11,20H2,1-2H3. The summed E-state index contributed by atoms with van der Waals surface area (Å²) in [7, 11) is -3.63. The average Bonchev–Trinajstić information content (AvgIpc) is 3.30. The van der Waals surface area contributed by atoms with E-state index in [9.17, 15) is 13.2 Å². The van der Waals surface area contributed by atoms with Gasteiger partial charge < -0.3 is 19.8 Å². The van der Waals surface area contributed by atoms with E-state index in [-0.39, 0.29) is 17.1 Å². The van der Waals surface area contributed by atoms with Crippen molar-refractivity contribution in [3.8, 4) is 0 Å². The molecule has 2 N–H and O–H groups in total. The first-order chi connectivity index (χ1) is 14.8. The summed E-state index contributed by atoms with van der Waals surface area (Å²) >= 11 is 1.05. The van der Waals surface area contributed by atoms with Crippen LogP contribution in [0.15, 0.2) is 23.1 Å². The molecule has 0 amide bonds. The van der Waals surface area contributed by atoms with E-state index in [0.29, 0.717) is 54.9 Å². The number of aromatic nitrogens is 3. The highest BCUT2D eigenvalue weighted by Gasteiger charge is 2.27. The lowest BCUT2D eigenvalue weighted by molar-refractivity contribution is 0.0459. The Morgan fingerprint density at radius 2 is 2.06 bits per heavy atom. The molecule has 0 radical (unpaired) electrons. The molecule has 1 aliphatic heterocycles. The lowest BCUT2D eigenvalue weighted by atomic mass is 10.2. The first-order valence-electron chi connectivity index (χ1n) is 9.79. The smallest absolute Gasteiger partial charge is 0.343 e. The van der Waals surface area contributed by atoms with E-state index in [1.165, 1.54) is 4.31 Å². The molecule has 10 nitrogen and oxygen atoms in total. The number of aryl methyl sites for hydroxylation is 2. The normalized spacial score (nSPS) is 15.4. The summed E-state index contributed by atoms with van der Waals surface area (Å²) in [6.45, 7) is 5.56. The molecule has 0 bridgehead atoms. The van der Waals surface area contributed by atoms with E-state index in [1.807, 2.05) is 11.5 Å². The fraction of sp³-hybridized carbons (Fsp3) is 0.421. The number of nitrogens with zero attached hydrogens (tertiary/aromatic N) is 4. The molecule has 3 heterocycles. The summed E-state index contributed by atoms with van der Waals surface area (Å²) in [4.78, 5) is 17.1. The van der Waals surface area contributed by atoms with E-state index in [2.05, 4.69) is 9.36 Å². The highest BCUT2D eigenvalue weighted by molar-refractivity contribution is 7.89. The number of anilines is 1. The SMILES string of the molecule is CCn1c(COC(=O)c2c(C)nsc2N)nc2cc(S(=O)(=O)N3CCOCC3)ccc21. The second-order valence-corrected chi connectivity index (χ2v) is 9.77. The minimum absolute atomic E-state index is 0.0678. The zero-order valence-electron chi connectivity index (χ0n) is 17.2. The maximum Gasteiger partial charge on any atom is 0.343 e. The average molecular weight is 466 g/mol. The van der Waals surface area contributed by atoms with Crippen LogP contribution in [0.3, 0.4) is 0 Å². The van der Waals surface area contributed by atoms with Gasteiger partial charge in [0.05, 0.1) is 34.8 Å². The number of fused-ring (bicyclic) bond motifs is 1. The number of hydrogen-bond acceptors (Lipinski definition) is 9. The molecule has 1 saturated heterocycles. The molecule has 0 unspecified atom stereocenters. The number of carbonyl (C=O) groups is 1. The number of hydrogen-bond donors (Lipinski definition) is 1. The van der Waals surface area contributed by atoms with Crippen LogP contribution in [0.4, 0.5) is 5.00 Å². The van der Waals surface area contributed by atoms with Gasteiger partial charge in [0, 0.05) is 19.6 Å². The predicted octanol–water partition coefficient (Wildman–Crippen LogP) is 1.78. The maximum atomic E-state index is 13.0. The van der Waals surface area contributed by atoms with E-state index >= 15 is 0 Å². The van der Waals surface area contributed by atoms with Gasteiger partial charge in [0.15, 0.2) is 0 Å². The maximum absolute atomic E-state index is 13.0. The Bertz CT molecular complexity index is 1210. The molecular formula is C19H23N5O5S2. The van der Waals surface area contributed by atoms with Gasteiger partial charge in [-0.2, -0.15) is 8.68 Å². The van der Waals surface area contributed by atoms with Crippen molar-refractivity contribution in [2.75, 3.05) is 32.0 Å². The molecule has 1 fully saturated rings. The van der Waals surface area contributed by atoms with Crippen molar-refractivity contribution in [1.29, 1.82) is 0 Å². The van der Waals surface area contributed by atoms with Crippen LogP contribution in [-0.2, 0) is 32.6 Å². The number of morpholine rings is 1. The lowest BCUT2D eigenvalue weighted by Gasteiger charge is -2.26. The van der Waals surface area contributed by atoms with Crippen molar-refractivity contribution in [2.24, 2.45) is 0 Å². The Morgan fingerprint density at radius 1 is 1.32 bits per heavy atom. The van der Waals surface area contributed by atoms with Crippen LogP contribution in [0.5, 0.6) is 0 Å². The lowest BCUT2D eigenvalue weighted by Crippen LogP contribution is -2.40. The Kier molecular flexibility index (Phi) is 5.97. The van der Waals surface area contributed by atoms with Crippen molar-refractivity contribution in [3.63, 3.8) is 0 Å². The van der Waals surface area contributed by atoms with Gasteiger partial charge in [-0.15, -0.1) is 0 Å². The number of sulfonamides is 1. The van der Waals surface area contributed by atoms with Gasteiger partial charge in [0.25, 0.3) is 0 Å². The summed E-state index contributed by atoms with van der Waals surface area (Å²) in [6, 6.07) is 4.87. The third-order valence-corrected chi connectivity index (χ3v) is 7.81. The molecule has 12 heteroatoms. The molecule has 4 rings (SSSR count). The van der Waals surface area contributed by atoms with E-state index in [4.69, 9.17) is 15.2 Å². The Labute approximate surface area is 183 Å². The van der Waals surface area contributed by atoms with Crippen LogP contribution < -0.4 is 5.73 Å². The third kappa shape index (κ3) is 4.03. The number of imidazole rings is 1. The van der Waals surface area contributed by atoms with Gasteiger partial charge in [-0.25, -0.2) is 18.2 Å². The van der Waals surface area contributed by atoms with Crippen LogP contribution in [0.2, 0.25) is 0 Å². The van der Waals surface area contributed by atoms with Crippen molar-refractivity contribution >= 4 is 43.6 Å². The zero-order valence-corrected chi connectivity index (χ0v) is 18.8. The van der Waals surface area contributed by atoms with Crippen molar-refractivity contribution in [2.45, 2.75) is 31.9 Å². The third-order valence-electron chi connectivity index (χ3n) is 5.15. The van der Waals surface area contributed by atoms with E-state index in [0.717, 1.165) is 17.0 Å². The molecule has 0 spiro atoms. The van der Waals surface area contributed by atoms with Gasteiger partial charge in [-0.1, -0.05) is 0 Å². The number of nitrogen functional groups attached to an aromatic ring is 1. The monoisotopic (exact) mass is 465 g/mol. The fourth-order valence-electron chi connectivity index (χ4n) is 3.56. The highest BCUT2D eigenvalue weighted by atomic mass is 32.2. The number of rotatable bonds is 6. The first-order valence-corrected chi connectivity index (χ1v) is 12.0. The van der Waals surface area contributed by atoms with Crippen molar-refractivity contribution in [3.05, 3.63) is 35.3 Å². The molecular weight excluding hydrogens is 442 g/mol. The fourth-order valence-corrected chi connectivity index (χ4v) is 5.63. The minimum atomic E-state index is -3.63. The first kappa shape index (κ1) is 21.7. The van der Waals surface area contributed by atoms with Crippen LogP contribution in [0.1, 0.15) is 28.8 Å². The molecule has 0 saturated carbocycles. The summed E-state index contributed by atoms with van der Waals surface area (Å²) in [6.07, 6.45) is 0. The number of carbonyl (C=O) groups excluding carboxylic acids is 1. The molecule has 1 aromatic carbocycles. The quantitative estimate of drug-likeness (QED) is 0.545. The largest absolute Gasteiger partial charge is 0.454 e. The van der Waals surface area contributed by atoms with E-state index in [1.54, 1.807) is 25.1 Å². The second kappa shape index (κ2) is 8.54. The van der Waals surface area contributed by atoms with Gasteiger partial charge in [-0.05, 0) is 43.6 Å². The molecule has 2 aromatic heterocycles. The van der Waals surface area contributed by atoms with Gasteiger partial charge in [0.1, 0.15) is 23.0 Å². The molecule has 0 atom stereocenters. The van der Waals surface area contributed by atoms with Crippen LogP contribution in [0, 0.1) is 6.92 Å². The molecule has 166 valence electrons. The number of nitrogens with two attached hydrogens (primary N) is 1. The van der Waals surface area contributed by atoms with Crippen LogP contribution in [0.25, 0.3) is 11.0 Å². The summed E-state index contributed by atoms with van der Waals surface area (Å²) in [5.41, 5.74) is 7.89. The van der Waals surface area contributed by atoms with Gasteiger partial charge in [-0.3, -0.25) is 0 Å². The van der Waals surface area contributed by atoms with Crippen LogP contribution >= 0.6 is 11.5 Å². The second-order valence-electron chi connectivity index (χ2n) is 7.02. The highest BCUT2D eigenvalue weighted by Crippen LogP contribution is 2.25. The zero-order chi connectivity index (χ0) is 22.2. The van der Waals surface area contributed by atoms with Crippen molar-refractivity contribution < 1.29 is 22.7 Å². The van der Waals surface area contributed by atoms with Crippen molar-refractivity contribution in [1.82, 2.24) is 18.2 Å². The summed E-state index contributed by atoms with van der Waals surface area (Å²) in [5.74, 6) is -0.0415. The predicted molar refractivity (Wildman–Crippen MR) is 115 cm³/mol. The topological polar surface area (TPSA) is 130 Å². The van der Waals surface area contributed by atoms with Gasteiger partial charge >= 0.3 is 5.97 Å². The molecule has 1 aliphatic rings. The Balaban J connectivity index is 1.61. The number of benzene rings is 1. The summed E-state index contributed by atoms with van der Waals surface area (Å²) < 4.78 is 43.9. The molecule has 0 aliphatic carbocycles. The number of esters is 1. The minimum Gasteiger partial charge on any atom is -0.454 e. The number of ether oxygens (including phenoxy) is 2. The summed E-state index contributed by atoms with van der Waals surface area (Å²) in [5, 5.41) is 0.310. The molecule has 3 aromatic rings. The van der Waals surface area contributed by atoms with Crippen LogP contribution in [-0.4, -0.2) is 58.9 Å². The molecule has 31 heavy (non-hydrogen) atoms. The van der Waals surface area contributed by atoms with E-state index < -0.39 is 16.0 Å².